The molecule has 0 bridgehead atoms. The first kappa shape index (κ1) is 21.5. The van der Waals surface area contributed by atoms with Gasteiger partial charge < -0.3 is 10.2 Å². The summed E-state index contributed by atoms with van der Waals surface area (Å²) in [6.07, 6.45) is 3.36. The Morgan fingerprint density at radius 2 is 1.84 bits per heavy atom. The molecule has 4 rings (SSSR count). The third kappa shape index (κ3) is 5.68. The van der Waals surface area contributed by atoms with E-state index in [0.717, 1.165) is 27.1 Å². The molecule has 0 radical (unpaired) electrons. The van der Waals surface area contributed by atoms with Crippen LogP contribution < -0.4 is 10.2 Å². The molecule has 0 aliphatic rings. The summed E-state index contributed by atoms with van der Waals surface area (Å²) < 4.78 is 1.04. The third-order valence-electron chi connectivity index (χ3n) is 4.84. The summed E-state index contributed by atoms with van der Waals surface area (Å²) in [5.41, 5.74) is 3.64. The Bertz CT molecular complexity index is 1210. The second-order valence-corrected chi connectivity index (χ2v) is 8.05. The van der Waals surface area contributed by atoms with E-state index in [2.05, 4.69) is 54.3 Å². The average molecular weight is 485 g/mol. The van der Waals surface area contributed by atoms with Crippen LogP contribution in [0, 0.1) is 11.3 Å². The second kappa shape index (κ2) is 10.5. The number of pyridine rings is 1. The van der Waals surface area contributed by atoms with E-state index < -0.39 is 0 Å². The maximum Gasteiger partial charge on any atom is 0.226 e. The van der Waals surface area contributed by atoms with Gasteiger partial charge in [0, 0.05) is 42.1 Å². The molecule has 158 valence electrons. The zero-order chi connectivity index (χ0) is 22.2. The van der Waals surface area contributed by atoms with Crippen LogP contribution in [0.3, 0.4) is 0 Å². The first-order valence-corrected chi connectivity index (χ1v) is 11.0. The highest BCUT2D eigenvalue weighted by molar-refractivity contribution is 9.10. The minimum atomic E-state index is 0.540. The lowest BCUT2D eigenvalue weighted by Gasteiger charge is -2.23. The third-order valence-corrected chi connectivity index (χ3v) is 5.33. The normalized spacial score (nSPS) is 10.4. The Morgan fingerprint density at radius 1 is 0.969 bits per heavy atom. The number of anilines is 2. The Kier molecular flexibility index (Phi) is 7.05. The smallest absolute Gasteiger partial charge is 0.226 e. The monoisotopic (exact) mass is 484 g/mol. The van der Waals surface area contributed by atoms with Gasteiger partial charge in [0.25, 0.3) is 0 Å². The van der Waals surface area contributed by atoms with Gasteiger partial charge in [0.05, 0.1) is 11.3 Å². The number of benzene rings is 2. The molecule has 2 aromatic carbocycles. The molecule has 0 amide bonds. The van der Waals surface area contributed by atoms with Crippen molar-refractivity contribution in [1.29, 1.82) is 5.26 Å². The molecular formula is C25H21BrN6. The number of halogens is 1. The molecule has 0 unspecified atom stereocenters. The Morgan fingerprint density at radius 3 is 2.59 bits per heavy atom. The predicted octanol–water partition coefficient (Wildman–Crippen LogP) is 5.29. The summed E-state index contributed by atoms with van der Waals surface area (Å²) in [4.78, 5) is 15.8. The minimum absolute atomic E-state index is 0.540. The molecule has 0 fully saturated rings. The van der Waals surface area contributed by atoms with Crippen LogP contribution in [-0.2, 0) is 6.54 Å². The van der Waals surface area contributed by atoms with E-state index in [1.54, 1.807) is 18.5 Å². The van der Waals surface area contributed by atoms with E-state index in [-0.39, 0.29) is 0 Å². The van der Waals surface area contributed by atoms with E-state index in [0.29, 0.717) is 31.1 Å². The molecule has 0 saturated carbocycles. The SMILES string of the molecule is N#Cc1ccc(NCCN(Cc2cccc(Br)c2)c2nccc(-c3ccccc3)n2)nc1. The maximum absolute atomic E-state index is 8.93. The molecule has 0 saturated heterocycles. The lowest BCUT2D eigenvalue weighted by Crippen LogP contribution is -2.30. The Hall–Kier alpha value is -3.76. The number of rotatable bonds is 8. The predicted molar refractivity (Wildman–Crippen MR) is 130 cm³/mol. The van der Waals surface area contributed by atoms with E-state index in [9.17, 15) is 0 Å². The van der Waals surface area contributed by atoms with Crippen LogP contribution in [-0.4, -0.2) is 28.0 Å². The fraction of sp³-hybridized carbons (Fsp3) is 0.120. The molecule has 4 aromatic rings. The van der Waals surface area contributed by atoms with Crippen molar-refractivity contribution in [2.24, 2.45) is 0 Å². The first-order valence-electron chi connectivity index (χ1n) is 10.2. The first-order chi connectivity index (χ1) is 15.7. The zero-order valence-electron chi connectivity index (χ0n) is 17.3. The van der Waals surface area contributed by atoms with Crippen LogP contribution >= 0.6 is 15.9 Å². The van der Waals surface area contributed by atoms with E-state index in [4.69, 9.17) is 10.2 Å². The van der Waals surface area contributed by atoms with Crippen molar-refractivity contribution in [1.82, 2.24) is 15.0 Å². The van der Waals surface area contributed by atoms with Crippen LogP contribution in [0.1, 0.15) is 11.1 Å². The highest BCUT2D eigenvalue weighted by atomic mass is 79.9. The van der Waals surface area contributed by atoms with Crippen molar-refractivity contribution in [2.45, 2.75) is 6.54 Å². The maximum atomic E-state index is 8.93. The number of nitriles is 1. The summed E-state index contributed by atoms with van der Waals surface area (Å²) in [6, 6.07) is 25.9. The van der Waals surface area contributed by atoms with E-state index >= 15 is 0 Å². The molecule has 0 atom stereocenters. The van der Waals surface area contributed by atoms with Crippen molar-refractivity contribution in [3.63, 3.8) is 0 Å². The second-order valence-electron chi connectivity index (χ2n) is 7.13. The fourth-order valence-corrected chi connectivity index (χ4v) is 3.71. The lowest BCUT2D eigenvalue weighted by atomic mass is 10.1. The number of hydrogen-bond donors (Lipinski definition) is 1. The summed E-state index contributed by atoms with van der Waals surface area (Å²) in [7, 11) is 0. The Labute approximate surface area is 195 Å². The summed E-state index contributed by atoms with van der Waals surface area (Å²) in [5.74, 6) is 1.39. The van der Waals surface area contributed by atoms with Gasteiger partial charge in [0.2, 0.25) is 5.95 Å². The molecule has 7 heteroatoms. The fourth-order valence-electron chi connectivity index (χ4n) is 3.26. The van der Waals surface area contributed by atoms with Gasteiger partial charge in [0.15, 0.2) is 0 Å². The van der Waals surface area contributed by atoms with Crippen molar-refractivity contribution >= 4 is 27.7 Å². The van der Waals surface area contributed by atoms with Gasteiger partial charge in [-0.25, -0.2) is 15.0 Å². The van der Waals surface area contributed by atoms with Crippen LogP contribution in [0.4, 0.5) is 11.8 Å². The number of nitrogens with one attached hydrogen (secondary N) is 1. The molecule has 0 aliphatic heterocycles. The van der Waals surface area contributed by atoms with Gasteiger partial charge >= 0.3 is 0 Å². The number of nitrogens with zero attached hydrogens (tertiary/aromatic N) is 5. The highest BCUT2D eigenvalue weighted by Gasteiger charge is 2.12. The zero-order valence-corrected chi connectivity index (χ0v) is 18.9. The van der Waals surface area contributed by atoms with Crippen LogP contribution in [0.15, 0.2) is 89.7 Å². The Balaban J connectivity index is 1.54. The molecule has 0 aliphatic carbocycles. The van der Waals surface area contributed by atoms with Gasteiger partial charge in [-0.05, 0) is 35.9 Å². The van der Waals surface area contributed by atoms with Crippen molar-refractivity contribution in [3.8, 4) is 17.3 Å². The number of hydrogen-bond acceptors (Lipinski definition) is 6. The molecule has 2 heterocycles. The largest absolute Gasteiger partial charge is 0.368 e. The van der Waals surface area contributed by atoms with Gasteiger partial charge in [-0.1, -0.05) is 58.4 Å². The van der Waals surface area contributed by atoms with Crippen molar-refractivity contribution in [3.05, 3.63) is 101 Å². The van der Waals surface area contributed by atoms with Crippen LogP contribution in [0.5, 0.6) is 0 Å². The quantitative estimate of drug-likeness (QED) is 0.366. The molecule has 6 nitrogen and oxygen atoms in total. The number of aromatic nitrogens is 3. The highest BCUT2D eigenvalue weighted by Crippen LogP contribution is 2.21. The molecule has 0 spiro atoms. The van der Waals surface area contributed by atoms with Gasteiger partial charge in [-0.15, -0.1) is 0 Å². The van der Waals surface area contributed by atoms with Gasteiger partial charge in [0.1, 0.15) is 11.9 Å². The van der Waals surface area contributed by atoms with Gasteiger partial charge in [-0.2, -0.15) is 5.26 Å². The average Bonchev–Trinajstić information content (AvgIpc) is 2.84. The van der Waals surface area contributed by atoms with E-state index in [1.807, 2.05) is 54.6 Å². The molecule has 1 N–H and O–H groups in total. The van der Waals surface area contributed by atoms with Crippen LogP contribution in [0.2, 0.25) is 0 Å². The van der Waals surface area contributed by atoms with Crippen molar-refractivity contribution in [2.75, 3.05) is 23.3 Å². The van der Waals surface area contributed by atoms with Gasteiger partial charge in [-0.3, -0.25) is 0 Å². The topological polar surface area (TPSA) is 77.7 Å². The van der Waals surface area contributed by atoms with Crippen LogP contribution in [0.25, 0.3) is 11.3 Å². The molecule has 32 heavy (non-hydrogen) atoms. The van der Waals surface area contributed by atoms with E-state index in [1.165, 1.54) is 0 Å². The minimum Gasteiger partial charge on any atom is -0.368 e. The molecular weight excluding hydrogens is 464 g/mol. The summed E-state index contributed by atoms with van der Waals surface area (Å²) in [6.45, 7) is 1.98. The summed E-state index contributed by atoms with van der Waals surface area (Å²) in [5, 5.41) is 12.2. The van der Waals surface area contributed by atoms with Crippen molar-refractivity contribution < 1.29 is 0 Å². The lowest BCUT2D eigenvalue weighted by molar-refractivity contribution is 0.770. The summed E-state index contributed by atoms with van der Waals surface area (Å²) >= 11 is 3.55. The molecule has 2 aromatic heterocycles. The standard InChI is InChI=1S/C25H21BrN6/c26-22-8-4-5-19(15-22)18-32(14-13-28-24-10-9-20(16-27)17-30-24)25-29-12-11-23(31-25)21-6-2-1-3-7-21/h1-12,15,17H,13-14,18H2,(H,28,30).